The molecule has 2 aliphatic rings. The molecular weight excluding hydrogens is 800 g/mol. The van der Waals surface area contributed by atoms with Crippen LogP contribution in [0.4, 0.5) is 4.79 Å². The van der Waals surface area contributed by atoms with E-state index >= 15 is 0 Å². The molecule has 328 valence electrons. The van der Waals surface area contributed by atoms with Crippen molar-refractivity contribution in [2.24, 2.45) is 5.73 Å². The number of nitrogens with one attached hydrogen (secondary N) is 5. The summed E-state index contributed by atoms with van der Waals surface area (Å²) in [6.07, 6.45) is 6.03. The van der Waals surface area contributed by atoms with Gasteiger partial charge in [0.05, 0.1) is 38.5 Å². The second-order valence-electron chi connectivity index (χ2n) is 14.3. The Hall–Kier alpha value is -3.86. The number of para-hydroxylation sites is 2. The lowest BCUT2D eigenvalue weighted by molar-refractivity contribution is -0.126. The highest BCUT2D eigenvalue weighted by Gasteiger charge is 2.43. The van der Waals surface area contributed by atoms with Gasteiger partial charge in [-0.15, -0.1) is 0 Å². The number of rotatable bonds is 32. The second kappa shape index (κ2) is 27.8. The highest BCUT2D eigenvalue weighted by atomic mass is 32.2. The number of benzene rings is 2. The third-order valence-corrected chi connectivity index (χ3v) is 13.2. The predicted molar refractivity (Wildman–Crippen MR) is 227 cm³/mol. The van der Waals surface area contributed by atoms with Crippen LogP contribution in [0.5, 0.6) is 11.5 Å². The van der Waals surface area contributed by atoms with Gasteiger partial charge in [0.2, 0.25) is 17.7 Å². The molecule has 59 heavy (non-hydrogen) atoms. The van der Waals surface area contributed by atoms with Crippen molar-refractivity contribution < 1.29 is 47.0 Å². The first-order chi connectivity index (χ1) is 28.8. The van der Waals surface area contributed by atoms with Crippen molar-refractivity contribution in [2.45, 2.75) is 93.7 Å². The minimum absolute atomic E-state index is 0.0422. The Bertz CT molecular complexity index is 1540. The molecule has 2 saturated heterocycles. The van der Waals surface area contributed by atoms with E-state index in [4.69, 9.17) is 29.0 Å². The van der Waals surface area contributed by atoms with Crippen molar-refractivity contribution >= 4 is 43.1 Å². The van der Waals surface area contributed by atoms with E-state index in [0.717, 1.165) is 31.4 Å². The molecule has 0 bridgehead atoms. The van der Waals surface area contributed by atoms with Crippen molar-refractivity contribution in [3.05, 3.63) is 60.7 Å². The number of carbonyl (C=O) groups excluding carboxylic acids is 4. The number of hydrogen-bond donors (Lipinski definition) is 6. The largest absolute Gasteiger partial charge is 0.452 e. The maximum atomic E-state index is 14.4. The summed E-state index contributed by atoms with van der Waals surface area (Å²) in [5.74, 6) is -0.00668. The van der Waals surface area contributed by atoms with E-state index in [0.29, 0.717) is 108 Å². The molecule has 2 unspecified atom stereocenters. The first kappa shape index (κ1) is 47.8. The van der Waals surface area contributed by atoms with Crippen LogP contribution < -0.4 is 41.4 Å². The van der Waals surface area contributed by atoms with Crippen molar-refractivity contribution in [1.82, 2.24) is 26.6 Å². The molecule has 0 aliphatic carbocycles. The van der Waals surface area contributed by atoms with Crippen LogP contribution in [0, 0.1) is 0 Å². The number of unbranched alkanes of at least 4 members (excludes halogenated alkanes) is 2. The third kappa shape index (κ3) is 18.9. The lowest BCUT2D eigenvalue weighted by Gasteiger charge is -2.28. The lowest BCUT2D eigenvalue weighted by atomic mass is 10.0. The number of ether oxygens (including phenoxy) is 3. The normalized spacial score (nSPS) is 17.6. The number of carbonyl (C=O) groups is 4. The molecule has 0 radical (unpaired) electrons. The van der Waals surface area contributed by atoms with E-state index in [1.165, 1.54) is 0 Å². The summed E-state index contributed by atoms with van der Waals surface area (Å²) in [4.78, 5) is 49.2. The Kier molecular flexibility index (Phi) is 22.5. The molecule has 2 aromatic carbocycles. The SMILES string of the molecule is NCCCCC(NC(=O)CCC(=O)NCCCOCCOCCOCCCNC(=O)CCCCC1SC[C@@H]2NC(=O)N[C@H]12)P(=O)(Oc1ccccc1)Oc1ccccc1. The summed E-state index contributed by atoms with van der Waals surface area (Å²) in [7, 11) is -3.99. The molecule has 2 aromatic rings. The van der Waals surface area contributed by atoms with Crippen molar-refractivity contribution in [1.29, 1.82) is 0 Å². The van der Waals surface area contributed by atoms with Gasteiger partial charge >= 0.3 is 13.6 Å². The minimum atomic E-state index is -3.99. The van der Waals surface area contributed by atoms with Gasteiger partial charge in [-0.3, -0.25) is 14.4 Å². The molecular formula is C41H63N6O10PS. The Morgan fingerprint density at radius 2 is 1.27 bits per heavy atom. The Labute approximate surface area is 352 Å². The first-order valence-electron chi connectivity index (χ1n) is 20.8. The summed E-state index contributed by atoms with van der Waals surface area (Å²) < 4.78 is 43.0. The van der Waals surface area contributed by atoms with Crippen molar-refractivity contribution in [3.8, 4) is 11.5 Å². The fourth-order valence-electron chi connectivity index (χ4n) is 6.48. The van der Waals surface area contributed by atoms with Crippen LogP contribution in [0.25, 0.3) is 0 Å². The van der Waals surface area contributed by atoms with Gasteiger partial charge in [-0.25, -0.2) is 9.36 Å². The zero-order valence-electron chi connectivity index (χ0n) is 33.9. The molecule has 7 N–H and O–H groups in total. The monoisotopic (exact) mass is 862 g/mol. The highest BCUT2D eigenvalue weighted by Crippen LogP contribution is 2.53. The lowest BCUT2D eigenvalue weighted by Crippen LogP contribution is -2.38. The average molecular weight is 863 g/mol. The number of thioether (sulfide) groups is 1. The van der Waals surface area contributed by atoms with Gasteiger partial charge in [-0.05, 0) is 75.8 Å². The van der Waals surface area contributed by atoms with Gasteiger partial charge in [-0.2, -0.15) is 11.8 Å². The van der Waals surface area contributed by atoms with E-state index in [1.807, 2.05) is 23.9 Å². The summed E-state index contributed by atoms with van der Waals surface area (Å²) >= 11 is 1.89. The maximum Gasteiger partial charge on any atom is 0.452 e. The smallest absolute Gasteiger partial charge is 0.415 e. The van der Waals surface area contributed by atoms with E-state index in [1.54, 1.807) is 48.5 Å². The molecule has 2 aliphatic heterocycles. The fraction of sp³-hybridized carbons (Fsp3) is 0.610. The maximum absolute atomic E-state index is 14.4. The zero-order valence-corrected chi connectivity index (χ0v) is 35.7. The number of urea groups is 1. The summed E-state index contributed by atoms with van der Waals surface area (Å²) in [5.41, 5.74) is 5.70. The Morgan fingerprint density at radius 1 is 0.712 bits per heavy atom. The van der Waals surface area contributed by atoms with Gasteiger partial charge in [0.25, 0.3) is 0 Å². The third-order valence-electron chi connectivity index (χ3n) is 9.57. The van der Waals surface area contributed by atoms with E-state index in [2.05, 4.69) is 26.6 Å². The van der Waals surface area contributed by atoms with Crippen LogP contribution in [-0.2, 0) is 33.2 Å². The molecule has 18 heteroatoms. The number of amides is 5. The average Bonchev–Trinajstić information content (AvgIpc) is 3.79. The van der Waals surface area contributed by atoms with Gasteiger partial charge in [-0.1, -0.05) is 42.8 Å². The highest BCUT2D eigenvalue weighted by molar-refractivity contribution is 8.00. The quantitative estimate of drug-likeness (QED) is 0.0341. The summed E-state index contributed by atoms with van der Waals surface area (Å²) in [6.45, 7) is 4.08. The van der Waals surface area contributed by atoms with Crippen molar-refractivity contribution in [2.75, 3.05) is 65.0 Å². The second-order valence-corrected chi connectivity index (χ2v) is 17.7. The number of nitrogens with two attached hydrogens (primary N) is 1. The van der Waals surface area contributed by atoms with Crippen LogP contribution in [0.15, 0.2) is 60.7 Å². The Morgan fingerprint density at radius 3 is 1.86 bits per heavy atom. The number of hydrogen-bond acceptors (Lipinski definition) is 12. The topological polar surface area (TPSA) is 218 Å². The van der Waals surface area contributed by atoms with Crippen LogP contribution in [-0.4, -0.2) is 112 Å². The van der Waals surface area contributed by atoms with Gasteiger partial charge in [0, 0.05) is 56.6 Å². The van der Waals surface area contributed by atoms with Gasteiger partial charge < -0.3 is 55.6 Å². The minimum Gasteiger partial charge on any atom is -0.415 e. The van der Waals surface area contributed by atoms with Crippen LogP contribution >= 0.6 is 19.4 Å². The molecule has 16 nitrogen and oxygen atoms in total. The van der Waals surface area contributed by atoms with Crippen LogP contribution in [0.3, 0.4) is 0 Å². The predicted octanol–water partition coefficient (Wildman–Crippen LogP) is 4.48. The molecule has 5 amide bonds. The van der Waals surface area contributed by atoms with Crippen molar-refractivity contribution in [3.63, 3.8) is 0 Å². The Balaban J connectivity index is 0.968. The zero-order chi connectivity index (χ0) is 42.0. The van der Waals surface area contributed by atoms with Gasteiger partial charge in [0.1, 0.15) is 11.5 Å². The van der Waals surface area contributed by atoms with E-state index < -0.39 is 19.3 Å². The fourth-order valence-corrected chi connectivity index (χ4v) is 9.94. The molecule has 0 saturated carbocycles. The van der Waals surface area contributed by atoms with Crippen LogP contribution in [0.1, 0.15) is 70.6 Å². The molecule has 0 spiro atoms. The molecule has 4 rings (SSSR count). The molecule has 4 atom stereocenters. The van der Waals surface area contributed by atoms with Gasteiger partial charge in [0.15, 0.2) is 5.78 Å². The first-order valence-corrected chi connectivity index (χ1v) is 23.5. The standard InChI is InChI=1S/C41H63N6O10PS/c42-22-10-9-19-39(58(52,56-32-13-3-1-4-14-32)57-33-15-5-2-6-16-33)46-38(50)21-20-37(49)44-24-12-26-54-28-30-55-29-27-53-25-11-23-43-36(48)18-8-7-17-35-40-34(31-59-35)45-41(51)47-40/h1-6,13-16,34-35,39-40H,7-12,17-31,42H2,(H,43,48)(H,44,49)(H,46,50)(H2,45,47,51)/t34-,35?,39?,40-/m0/s1. The molecule has 2 heterocycles. The van der Waals surface area contributed by atoms with Crippen LogP contribution in [0.2, 0.25) is 0 Å². The molecule has 0 aromatic heterocycles. The summed E-state index contributed by atoms with van der Waals surface area (Å²) in [5, 5.41) is 14.9. The van der Waals surface area contributed by atoms with E-state index in [-0.39, 0.29) is 42.8 Å². The summed E-state index contributed by atoms with van der Waals surface area (Å²) in [6, 6.07) is 17.7. The number of fused-ring (bicyclic) bond motifs is 1. The molecule has 2 fully saturated rings. The van der Waals surface area contributed by atoms with E-state index in [9.17, 15) is 23.7 Å².